The quantitative estimate of drug-likeness (QED) is 0.501. The van der Waals surface area contributed by atoms with Crippen LogP contribution in [0.1, 0.15) is 12.8 Å². The van der Waals surface area contributed by atoms with E-state index in [1.807, 2.05) is 0 Å². The maximum absolute atomic E-state index is 5.85. The van der Waals surface area contributed by atoms with Gasteiger partial charge >= 0.3 is 0 Å². The lowest BCUT2D eigenvalue weighted by atomic mass is 10.2. The van der Waals surface area contributed by atoms with Crippen molar-refractivity contribution in [1.29, 1.82) is 0 Å². The lowest BCUT2D eigenvalue weighted by molar-refractivity contribution is 0.0791. The van der Waals surface area contributed by atoms with E-state index in [9.17, 15) is 0 Å². The molecule has 2 aliphatic rings. The summed E-state index contributed by atoms with van der Waals surface area (Å²) in [5.41, 5.74) is 0. The fourth-order valence-corrected chi connectivity index (χ4v) is 2.19. The fraction of sp³-hybridized carbons (Fsp3) is 1.00. The molecular weight excluding hydrogens is 159 g/mol. The van der Waals surface area contributed by atoms with Crippen LogP contribution in [0, 0.1) is 5.92 Å². The van der Waals surface area contributed by atoms with Gasteiger partial charge in [-0.25, -0.2) is 0 Å². The van der Waals surface area contributed by atoms with Gasteiger partial charge in [0.2, 0.25) is 0 Å². The third-order valence-electron chi connectivity index (χ3n) is 2.09. The van der Waals surface area contributed by atoms with Crippen molar-refractivity contribution in [2.45, 2.75) is 23.3 Å². The minimum absolute atomic E-state index is 0.148. The minimum atomic E-state index is -0.531. The first kappa shape index (κ1) is 6.26. The molecule has 1 saturated heterocycles. The summed E-state index contributed by atoms with van der Waals surface area (Å²) in [5.74, 6) is 0.426. The lowest BCUT2D eigenvalue weighted by Crippen LogP contribution is -2.06. The smallest absolute Gasteiger partial charge is 0.149 e. The Morgan fingerprint density at radius 2 is 2.22 bits per heavy atom. The summed E-state index contributed by atoms with van der Waals surface area (Å²) >= 11 is 11.7. The average Bonchev–Trinajstić information content (AvgIpc) is 2.39. The van der Waals surface area contributed by atoms with Crippen molar-refractivity contribution in [2.24, 2.45) is 5.92 Å². The maximum Gasteiger partial charge on any atom is 0.149 e. The lowest BCUT2D eigenvalue weighted by Gasteiger charge is -2.06. The number of hydrogen-bond donors (Lipinski definition) is 0. The van der Waals surface area contributed by atoms with Crippen LogP contribution in [0.15, 0.2) is 0 Å². The molecule has 2 fully saturated rings. The summed E-state index contributed by atoms with van der Waals surface area (Å²) in [6.45, 7) is 0.836. The molecule has 0 unspecified atom stereocenters. The van der Waals surface area contributed by atoms with Crippen LogP contribution < -0.4 is 0 Å². The molecule has 0 bridgehead atoms. The van der Waals surface area contributed by atoms with Crippen LogP contribution in [0.2, 0.25) is 0 Å². The molecule has 1 aliphatic carbocycles. The van der Waals surface area contributed by atoms with E-state index in [1.54, 1.807) is 0 Å². The zero-order valence-corrected chi connectivity index (χ0v) is 6.45. The highest BCUT2D eigenvalue weighted by molar-refractivity contribution is 6.51. The van der Waals surface area contributed by atoms with E-state index < -0.39 is 4.33 Å². The standard InChI is InChI=1S/C6H8Cl2O/c7-6(8)4-2-1-3-9-5(4)6/h4-5H,1-3H2/t4-,5-/m0/s1. The maximum atomic E-state index is 5.85. The normalized spacial score (nSPS) is 46.0. The number of ether oxygens (including phenoxy) is 1. The Morgan fingerprint density at radius 3 is 2.67 bits per heavy atom. The Morgan fingerprint density at radius 1 is 1.44 bits per heavy atom. The second kappa shape index (κ2) is 1.77. The molecule has 0 N–H and O–H groups in total. The fourth-order valence-electron chi connectivity index (χ4n) is 1.44. The van der Waals surface area contributed by atoms with Crippen LogP contribution in [0.5, 0.6) is 0 Å². The van der Waals surface area contributed by atoms with Gasteiger partial charge in [-0.05, 0) is 12.8 Å². The van der Waals surface area contributed by atoms with E-state index in [2.05, 4.69) is 0 Å². The Labute approximate surface area is 64.3 Å². The molecule has 1 heterocycles. The van der Waals surface area contributed by atoms with Crippen LogP contribution >= 0.6 is 23.2 Å². The molecule has 0 radical (unpaired) electrons. The predicted octanol–water partition coefficient (Wildman–Crippen LogP) is 1.97. The van der Waals surface area contributed by atoms with E-state index in [0.29, 0.717) is 5.92 Å². The van der Waals surface area contributed by atoms with Gasteiger partial charge in [0, 0.05) is 12.5 Å². The summed E-state index contributed by atoms with van der Waals surface area (Å²) < 4.78 is 4.77. The largest absolute Gasteiger partial charge is 0.375 e. The van der Waals surface area contributed by atoms with Crippen LogP contribution in [0.3, 0.4) is 0 Å². The molecule has 1 aliphatic heterocycles. The molecule has 0 aromatic rings. The highest BCUT2D eigenvalue weighted by Crippen LogP contribution is 2.59. The molecule has 9 heavy (non-hydrogen) atoms. The Balaban J connectivity index is 2.06. The van der Waals surface area contributed by atoms with Gasteiger partial charge in [0.05, 0.1) is 6.10 Å². The van der Waals surface area contributed by atoms with Crippen molar-refractivity contribution in [3.63, 3.8) is 0 Å². The summed E-state index contributed by atoms with van der Waals surface area (Å²) in [5, 5.41) is 0. The Hall–Kier alpha value is 0.540. The monoisotopic (exact) mass is 166 g/mol. The van der Waals surface area contributed by atoms with Crippen molar-refractivity contribution >= 4 is 23.2 Å². The average molecular weight is 167 g/mol. The highest BCUT2D eigenvalue weighted by Gasteiger charge is 2.65. The van der Waals surface area contributed by atoms with Crippen molar-refractivity contribution in [3.8, 4) is 0 Å². The van der Waals surface area contributed by atoms with E-state index in [4.69, 9.17) is 27.9 Å². The second-order valence-electron chi connectivity index (χ2n) is 2.71. The zero-order chi connectivity index (χ0) is 6.48. The van der Waals surface area contributed by atoms with Gasteiger partial charge in [0.15, 0.2) is 0 Å². The molecular formula is C6H8Cl2O. The third-order valence-corrected chi connectivity index (χ3v) is 3.08. The summed E-state index contributed by atoms with van der Waals surface area (Å²) in [6.07, 6.45) is 2.40. The van der Waals surface area contributed by atoms with Crippen LogP contribution in [0.25, 0.3) is 0 Å². The molecule has 2 rings (SSSR count). The SMILES string of the molecule is ClC1(Cl)[C@H]2CCCO[C@@H]21. The molecule has 2 atom stereocenters. The first-order chi connectivity index (χ1) is 4.23. The molecule has 3 heteroatoms. The Bertz CT molecular complexity index is 121. The number of halogens is 2. The van der Waals surface area contributed by atoms with Crippen molar-refractivity contribution in [1.82, 2.24) is 0 Å². The van der Waals surface area contributed by atoms with Gasteiger partial charge in [0.25, 0.3) is 0 Å². The van der Waals surface area contributed by atoms with Gasteiger partial charge < -0.3 is 4.74 Å². The number of fused-ring (bicyclic) bond motifs is 1. The van der Waals surface area contributed by atoms with Crippen LogP contribution in [-0.2, 0) is 4.74 Å². The van der Waals surface area contributed by atoms with E-state index >= 15 is 0 Å². The van der Waals surface area contributed by atoms with Gasteiger partial charge in [-0.2, -0.15) is 0 Å². The first-order valence-corrected chi connectivity index (χ1v) is 3.98. The van der Waals surface area contributed by atoms with E-state index in [0.717, 1.165) is 19.4 Å². The van der Waals surface area contributed by atoms with Gasteiger partial charge in [0.1, 0.15) is 4.33 Å². The number of rotatable bonds is 0. The third kappa shape index (κ3) is 0.787. The summed E-state index contributed by atoms with van der Waals surface area (Å²) in [7, 11) is 0. The Kier molecular flexibility index (Phi) is 1.24. The molecule has 0 aromatic heterocycles. The molecule has 52 valence electrons. The topological polar surface area (TPSA) is 9.23 Å². The molecule has 0 spiro atoms. The molecule has 1 saturated carbocycles. The van der Waals surface area contributed by atoms with Gasteiger partial charge in [-0.15, -0.1) is 0 Å². The number of alkyl halides is 2. The number of hydrogen-bond acceptors (Lipinski definition) is 1. The zero-order valence-electron chi connectivity index (χ0n) is 4.94. The van der Waals surface area contributed by atoms with Crippen molar-refractivity contribution < 1.29 is 4.74 Å². The second-order valence-corrected chi connectivity index (χ2v) is 4.16. The summed E-state index contributed by atoms with van der Waals surface area (Å²) in [6, 6.07) is 0. The van der Waals surface area contributed by atoms with Gasteiger partial charge in [-0.1, -0.05) is 23.2 Å². The van der Waals surface area contributed by atoms with Gasteiger partial charge in [-0.3, -0.25) is 0 Å². The minimum Gasteiger partial charge on any atom is -0.375 e. The van der Waals surface area contributed by atoms with E-state index in [-0.39, 0.29) is 6.10 Å². The molecule has 0 aromatic carbocycles. The van der Waals surface area contributed by atoms with Crippen molar-refractivity contribution in [3.05, 3.63) is 0 Å². The molecule has 0 amide bonds. The van der Waals surface area contributed by atoms with Crippen LogP contribution in [0.4, 0.5) is 0 Å². The molecule has 1 nitrogen and oxygen atoms in total. The summed E-state index contributed by atoms with van der Waals surface area (Å²) in [4.78, 5) is 0. The first-order valence-electron chi connectivity index (χ1n) is 3.22. The highest BCUT2D eigenvalue weighted by atomic mass is 35.5. The van der Waals surface area contributed by atoms with E-state index in [1.165, 1.54) is 0 Å². The van der Waals surface area contributed by atoms with Crippen LogP contribution in [-0.4, -0.2) is 17.0 Å². The van der Waals surface area contributed by atoms with Crippen molar-refractivity contribution in [2.75, 3.05) is 6.61 Å². The predicted molar refractivity (Wildman–Crippen MR) is 36.9 cm³/mol.